The van der Waals surface area contributed by atoms with Gasteiger partial charge in [0.25, 0.3) is 0 Å². The summed E-state index contributed by atoms with van der Waals surface area (Å²) in [5, 5.41) is 6.96. The van der Waals surface area contributed by atoms with E-state index in [-0.39, 0.29) is 11.8 Å². The molecule has 18 heavy (non-hydrogen) atoms. The number of nitrogens with two attached hydrogens (primary N) is 1. The van der Waals surface area contributed by atoms with Gasteiger partial charge in [-0.25, -0.2) is 0 Å². The Morgan fingerprint density at radius 1 is 1.44 bits per heavy atom. The summed E-state index contributed by atoms with van der Waals surface area (Å²) < 4.78 is 0. The van der Waals surface area contributed by atoms with Crippen LogP contribution < -0.4 is 16.4 Å². The highest BCUT2D eigenvalue weighted by molar-refractivity contribution is 5.84. The molecule has 0 saturated carbocycles. The molecule has 3 atom stereocenters. The molecule has 106 valence electrons. The van der Waals surface area contributed by atoms with Gasteiger partial charge in [0.15, 0.2) is 0 Å². The van der Waals surface area contributed by atoms with Crippen molar-refractivity contribution in [2.45, 2.75) is 71.0 Å². The lowest BCUT2D eigenvalue weighted by Gasteiger charge is -2.36. The van der Waals surface area contributed by atoms with Crippen molar-refractivity contribution in [3.05, 3.63) is 0 Å². The molecule has 0 aromatic rings. The summed E-state index contributed by atoms with van der Waals surface area (Å²) >= 11 is 0. The molecule has 1 rings (SSSR count). The van der Waals surface area contributed by atoms with Gasteiger partial charge in [-0.2, -0.15) is 0 Å². The number of primary amides is 1. The molecule has 4 N–H and O–H groups in total. The second kappa shape index (κ2) is 6.53. The Morgan fingerprint density at radius 3 is 2.56 bits per heavy atom. The molecule has 1 fully saturated rings. The van der Waals surface area contributed by atoms with Crippen LogP contribution in [0, 0.1) is 5.92 Å². The predicted molar refractivity (Wildman–Crippen MR) is 75.3 cm³/mol. The topological polar surface area (TPSA) is 67.2 Å². The number of rotatable bonds is 6. The van der Waals surface area contributed by atoms with Crippen LogP contribution in [0.2, 0.25) is 0 Å². The molecule has 1 heterocycles. The van der Waals surface area contributed by atoms with Crippen LogP contribution in [-0.4, -0.2) is 30.1 Å². The molecule has 0 aliphatic carbocycles. The number of hydrogen-bond donors (Lipinski definition) is 3. The normalized spacial score (nSPS) is 25.7. The smallest absolute Gasteiger partial charge is 0.237 e. The standard InChI is InChI=1S/C14H29N3O/c1-10(2)14(4,13(15)18)17-11(3)9-12-7-5-6-8-16-12/h10-12,16-17H,5-9H2,1-4H3,(H2,15,18). The highest BCUT2D eigenvalue weighted by Gasteiger charge is 2.35. The summed E-state index contributed by atoms with van der Waals surface area (Å²) in [5.74, 6) is -0.0716. The zero-order valence-electron chi connectivity index (χ0n) is 12.3. The maximum absolute atomic E-state index is 11.6. The first-order valence-corrected chi connectivity index (χ1v) is 7.17. The second-order valence-corrected chi connectivity index (χ2v) is 6.15. The van der Waals surface area contributed by atoms with Crippen molar-refractivity contribution in [2.75, 3.05) is 6.54 Å². The van der Waals surface area contributed by atoms with E-state index in [4.69, 9.17) is 5.73 Å². The third kappa shape index (κ3) is 3.95. The Labute approximate surface area is 111 Å². The maximum Gasteiger partial charge on any atom is 0.237 e. The highest BCUT2D eigenvalue weighted by atomic mass is 16.1. The van der Waals surface area contributed by atoms with Crippen molar-refractivity contribution in [2.24, 2.45) is 11.7 Å². The van der Waals surface area contributed by atoms with Gasteiger partial charge >= 0.3 is 0 Å². The molecule has 1 saturated heterocycles. The van der Waals surface area contributed by atoms with Crippen LogP contribution >= 0.6 is 0 Å². The van der Waals surface area contributed by atoms with Gasteiger partial charge in [-0.15, -0.1) is 0 Å². The van der Waals surface area contributed by atoms with E-state index in [1.54, 1.807) is 0 Å². The molecule has 0 radical (unpaired) electrons. The van der Waals surface area contributed by atoms with E-state index in [1.807, 2.05) is 20.8 Å². The van der Waals surface area contributed by atoms with Gasteiger partial charge < -0.3 is 16.4 Å². The molecule has 1 aliphatic rings. The van der Waals surface area contributed by atoms with Gasteiger partial charge in [0.05, 0.1) is 5.54 Å². The van der Waals surface area contributed by atoms with Crippen LogP contribution in [0.4, 0.5) is 0 Å². The van der Waals surface area contributed by atoms with Gasteiger partial charge in [0, 0.05) is 12.1 Å². The summed E-state index contributed by atoms with van der Waals surface area (Å²) in [7, 11) is 0. The van der Waals surface area contributed by atoms with Crippen molar-refractivity contribution in [3.63, 3.8) is 0 Å². The van der Waals surface area contributed by atoms with Crippen molar-refractivity contribution < 1.29 is 4.79 Å². The highest BCUT2D eigenvalue weighted by Crippen LogP contribution is 2.19. The number of amides is 1. The van der Waals surface area contributed by atoms with Crippen molar-refractivity contribution in [3.8, 4) is 0 Å². The third-order valence-electron chi connectivity index (χ3n) is 4.26. The molecule has 0 aromatic carbocycles. The number of carbonyl (C=O) groups excluding carboxylic acids is 1. The molecule has 4 nitrogen and oxygen atoms in total. The van der Waals surface area contributed by atoms with E-state index in [9.17, 15) is 4.79 Å². The molecule has 3 unspecified atom stereocenters. The fourth-order valence-corrected chi connectivity index (χ4v) is 2.65. The Balaban J connectivity index is 2.50. The minimum absolute atomic E-state index is 0.191. The molecule has 0 spiro atoms. The first-order chi connectivity index (χ1) is 8.36. The van der Waals surface area contributed by atoms with Gasteiger partial charge in [0.1, 0.15) is 0 Å². The summed E-state index contributed by atoms with van der Waals surface area (Å²) in [5.41, 5.74) is 4.92. The SMILES string of the molecule is CC(CC1CCCCN1)NC(C)(C(N)=O)C(C)C. The molecule has 1 aliphatic heterocycles. The van der Waals surface area contributed by atoms with E-state index in [0.29, 0.717) is 12.1 Å². The Morgan fingerprint density at radius 2 is 2.11 bits per heavy atom. The van der Waals surface area contributed by atoms with Gasteiger partial charge in [-0.3, -0.25) is 4.79 Å². The van der Waals surface area contributed by atoms with Crippen LogP contribution in [0.15, 0.2) is 0 Å². The summed E-state index contributed by atoms with van der Waals surface area (Å²) in [6, 6.07) is 0.867. The van der Waals surface area contributed by atoms with E-state index in [2.05, 4.69) is 17.6 Å². The summed E-state index contributed by atoms with van der Waals surface area (Å²) in [4.78, 5) is 11.6. The molecule has 4 heteroatoms. The fraction of sp³-hybridized carbons (Fsp3) is 0.929. The first-order valence-electron chi connectivity index (χ1n) is 7.17. The van der Waals surface area contributed by atoms with E-state index in [1.165, 1.54) is 19.3 Å². The van der Waals surface area contributed by atoms with Crippen LogP contribution in [0.1, 0.15) is 53.4 Å². The van der Waals surface area contributed by atoms with E-state index in [0.717, 1.165) is 13.0 Å². The predicted octanol–water partition coefficient (Wildman–Crippen LogP) is 1.40. The Kier molecular flexibility index (Phi) is 5.60. The summed E-state index contributed by atoms with van der Waals surface area (Å²) in [6.45, 7) is 9.23. The van der Waals surface area contributed by atoms with Crippen molar-refractivity contribution in [1.29, 1.82) is 0 Å². The van der Waals surface area contributed by atoms with Crippen LogP contribution in [-0.2, 0) is 4.79 Å². The molecular formula is C14H29N3O. The largest absolute Gasteiger partial charge is 0.368 e. The fourth-order valence-electron chi connectivity index (χ4n) is 2.65. The van der Waals surface area contributed by atoms with Crippen LogP contribution in [0.25, 0.3) is 0 Å². The van der Waals surface area contributed by atoms with Crippen molar-refractivity contribution >= 4 is 5.91 Å². The van der Waals surface area contributed by atoms with Gasteiger partial charge in [0.2, 0.25) is 5.91 Å². The quantitative estimate of drug-likeness (QED) is 0.672. The van der Waals surface area contributed by atoms with E-state index >= 15 is 0 Å². The number of nitrogens with one attached hydrogen (secondary N) is 2. The minimum atomic E-state index is -0.617. The minimum Gasteiger partial charge on any atom is -0.368 e. The molecule has 0 aromatic heterocycles. The molecular weight excluding hydrogens is 226 g/mol. The van der Waals surface area contributed by atoms with Gasteiger partial charge in [-0.05, 0) is 45.6 Å². The van der Waals surface area contributed by atoms with Crippen molar-refractivity contribution in [1.82, 2.24) is 10.6 Å². The molecule has 0 bridgehead atoms. The lowest BCUT2D eigenvalue weighted by molar-refractivity contribution is -0.125. The van der Waals surface area contributed by atoms with Gasteiger partial charge in [-0.1, -0.05) is 20.3 Å². The lowest BCUT2D eigenvalue weighted by atomic mass is 9.86. The lowest BCUT2D eigenvalue weighted by Crippen LogP contribution is -2.60. The average Bonchev–Trinajstić information content (AvgIpc) is 2.29. The number of carbonyl (C=O) groups is 1. The average molecular weight is 255 g/mol. The zero-order valence-corrected chi connectivity index (χ0v) is 12.3. The molecule has 1 amide bonds. The number of hydrogen-bond acceptors (Lipinski definition) is 3. The zero-order chi connectivity index (χ0) is 13.8. The second-order valence-electron chi connectivity index (χ2n) is 6.15. The Bertz CT molecular complexity index is 274. The third-order valence-corrected chi connectivity index (χ3v) is 4.26. The monoisotopic (exact) mass is 255 g/mol. The van der Waals surface area contributed by atoms with Crippen LogP contribution in [0.3, 0.4) is 0 Å². The maximum atomic E-state index is 11.6. The van der Waals surface area contributed by atoms with E-state index < -0.39 is 5.54 Å². The summed E-state index contributed by atoms with van der Waals surface area (Å²) in [6.07, 6.45) is 4.88. The Hall–Kier alpha value is -0.610. The first kappa shape index (κ1) is 15.4. The number of piperidine rings is 1. The van der Waals surface area contributed by atoms with Crippen LogP contribution in [0.5, 0.6) is 0 Å².